The highest BCUT2D eigenvalue weighted by atomic mass is 32.2. The van der Waals surface area contributed by atoms with Gasteiger partial charge < -0.3 is 9.30 Å². The Kier molecular flexibility index (Phi) is 6.92. The van der Waals surface area contributed by atoms with Crippen molar-refractivity contribution in [1.82, 2.24) is 9.47 Å². The van der Waals surface area contributed by atoms with Gasteiger partial charge in [-0.05, 0) is 43.0 Å². The number of fused-ring (bicyclic) bond motifs is 1. The normalized spacial score (nSPS) is 14.6. The molecule has 0 spiro atoms. The number of para-hydroxylation sites is 2. The molecular formula is C29H23FN2O4S. The van der Waals surface area contributed by atoms with Gasteiger partial charge in [0.25, 0.3) is 11.1 Å². The lowest BCUT2D eigenvalue weighted by Crippen LogP contribution is -2.33. The fraction of sp³-hybridized carbons (Fsp3) is 0.138. The van der Waals surface area contributed by atoms with Gasteiger partial charge in [0.15, 0.2) is 17.3 Å². The third-order valence-corrected chi connectivity index (χ3v) is 6.99. The third-order valence-electron chi connectivity index (χ3n) is 6.08. The Balaban J connectivity index is 1.34. The lowest BCUT2D eigenvalue weighted by atomic mass is 10.1. The number of halogens is 1. The number of nitrogens with zero attached hydrogens (tertiary/aromatic N) is 2. The average Bonchev–Trinajstić information content (AvgIpc) is 3.37. The van der Waals surface area contributed by atoms with Crippen LogP contribution in [0.4, 0.5) is 9.18 Å². The molecule has 5 rings (SSSR count). The number of amides is 2. The number of Topliss-reactive ketones (excluding diaryl/α,β-unsaturated/α-hetero) is 1. The van der Waals surface area contributed by atoms with Crippen LogP contribution in [-0.2, 0) is 11.3 Å². The van der Waals surface area contributed by atoms with Crippen molar-refractivity contribution in [3.8, 4) is 5.75 Å². The number of rotatable bonds is 8. The van der Waals surface area contributed by atoms with E-state index in [9.17, 15) is 18.8 Å². The summed E-state index contributed by atoms with van der Waals surface area (Å²) in [6, 6.07) is 20.9. The Hall–Kier alpha value is -4.17. The molecule has 2 amide bonds. The SMILES string of the molecule is Cc1ccc(C(=O)CN2C(=O)S/C(=C\c3cn(CCOc4ccccc4F)c4ccccc34)C2=O)cc1. The maximum absolute atomic E-state index is 13.9. The first-order chi connectivity index (χ1) is 17.9. The molecule has 2 heterocycles. The Morgan fingerprint density at radius 1 is 1.00 bits per heavy atom. The predicted molar refractivity (Wildman–Crippen MR) is 142 cm³/mol. The number of thioether (sulfide) groups is 1. The first kappa shape index (κ1) is 24.5. The van der Waals surface area contributed by atoms with Crippen molar-refractivity contribution in [2.45, 2.75) is 13.5 Å². The van der Waals surface area contributed by atoms with Crippen LogP contribution in [0.1, 0.15) is 21.5 Å². The maximum Gasteiger partial charge on any atom is 0.293 e. The summed E-state index contributed by atoms with van der Waals surface area (Å²) in [5.74, 6) is -1.02. The molecule has 0 radical (unpaired) electrons. The van der Waals surface area contributed by atoms with Crippen LogP contribution in [0.5, 0.6) is 5.75 Å². The number of ether oxygens (including phenoxy) is 1. The number of aryl methyl sites for hydroxylation is 1. The summed E-state index contributed by atoms with van der Waals surface area (Å²) in [5.41, 5.74) is 3.15. The summed E-state index contributed by atoms with van der Waals surface area (Å²) in [7, 11) is 0. The molecule has 6 nitrogen and oxygen atoms in total. The largest absolute Gasteiger partial charge is 0.489 e. The van der Waals surface area contributed by atoms with Gasteiger partial charge in [-0.1, -0.05) is 60.2 Å². The van der Waals surface area contributed by atoms with E-state index in [2.05, 4.69) is 0 Å². The van der Waals surface area contributed by atoms with Crippen molar-refractivity contribution >= 4 is 45.7 Å². The maximum atomic E-state index is 13.9. The molecule has 0 bridgehead atoms. The van der Waals surface area contributed by atoms with E-state index in [4.69, 9.17) is 4.74 Å². The van der Waals surface area contributed by atoms with Crippen molar-refractivity contribution in [1.29, 1.82) is 0 Å². The summed E-state index contributed by atoms with van der Waals surface area (Å²) >= 11 is 0.822. The monoisotopic (exact) mass is 514 g/mol. The second-order valence-electron chi connectivity index (χ2n) is 8.63. The molecule has 3 aromatic carbocycles. The molecule has 1 saturated heterocycles. The lowest BCUT2D eigenvalue weighted by molar-refractivity contribution is -0.122. The Morgan fingerprint density at radius 2 is 1.73 bits per heavy atom. The van der Waals surface area contributed by atoms with Gasteiger partial charge in [-0.15, -0.1) is 0 Å². The zero-order chi connectivity index (χ0) is 25.9. The Morgan fingerprint density at radius 3 is 2.51 bits per heavy atom. The number of imide groups is 1. The first-order valence-corrected chi connectivity index (χ1v) is 12.5. The van der Waals surface area contributed by atoms with E-state index in [0.717, 1.165) is 38.7 Å². The van der Waals surface area contributed by atoms with Gasteiger partial charge in [0.05, 0.1) is 18.0 Å². The van der Waals surface area contributed by atoms with E-state index in [1.54, 1.807) is 36.4 Å². The highest BCUT2D eigenvalue weighted by Gasteiger charge is 2.36. The zero-order valence-electron chi connectivity index (χ0n) is 20.0. The third kappa shape index (κ3) is 5.20. The van der Waals surface area contributed by atoms with Gasteiger partial charge in [0.1, 0.15) is 6.61 Å². The number of benzene rings is 3. The molecule has 0 saturated carbocycles. The molecule has 0 aliphatic carbocycles. The lowest BCUT2D eigenvalue weighted by Gasteiger charge is -2.11. The fourth-order valence-electron chi connectivity index (χ4n) is 4.14. The minimum Gasteiger partial charge on any atom is -0.489 e. The Labute approximate surface area is 217 Å². The van der Waals surface area contributed by atoms with Crippen LogP contribution in [0.2, 0.25) is 0 Å². The van der Waals surface area contributed by atoms with Gasteiger partial charge >= 0.3 is 0 Å². The van der Waals surface area contributed by atoms with Gasteiger partial charge in [-0.25, -0.2) is 4.39 Å². The highest BCUT2D eigenvalue weighted by Crippen LogP contribution is 2.34. The number of carbonyl (C=O) groups is 3. The average molecular weight is 515 g/mol. The molecule has 4 aromatic rings. The van der Waals surface area contributed by atoms with Crippen LogP contribution in [0.25, 0.3) is 17.0 Å². The molecular weight excluding hydrogens is 491 g/mol. The molecule has 1 fully saturated rings. The topological polar surface area (TPSA) is 68.6 Å². The van der Waals surface area contributed by atoms with Gasteiger partial charge in [-0.3, -0.25) is 19.3 Å². The van der Waals surface area contributed by atoms with E-state index in [0.29, 0.717) is 12.1 Å². The van der Waals surface area contributed by atoms with Crippen LogP contribution < -0.4 is 4.74 Å². The highest BCUT2D eigenvalue weighted by molar-refractivity contribution is 8.18. The second-order valence-corrected chi connectivity index (χ2v) is 9.62. The molecule has 186 valence electrons. The molecule has 1 aliphatic heterocycles. The van der Waals surface area contributed by atoms with E-state index in [1.807, 2.05) is 54.1 Å². The summed E-state index contributed by atoms with van der Waals surface area (Å²) in [5, 5.41) is 0.426. The van der Waals surface area contributed by atoms with E-state index in [-0.39, 0.29) is 29.6 Å². The number of hydrogen-bond acceptors (Lipinski definition) is 5. The van der Waals surface area contributed by atoms with Crippen LogP contribution in [0, 0.1) is 12.7 Å². The summed E-state index contributed by atoms with van der Waals surface area (Å²) in [6.45, 7) is 2.31. The van der Waals surface area contributed by atoms with Gasteiger partial charge in [-0.2, -0.15) is 0 Å². The first-order valence-electron chi connectivity index (χ1n) is 11.7. The van der Waals surface area contributed by atoms with Crippen molar-refractivity contribution < 1.29 is 23.5 Å². The molecule has 37 heavy (non-hydrogen) atoms. The van der Waals surface area contributed by atoms with Crippen molar-refractivity contribution in [2.75, 3.05) is 13.2 Å². The minimum absolute atomic E-state index is 0.188. The quantitative estimate of drug-likeness (QED) is 0.210. The molecule has 0 atom stereocenters. The number of carbonyl (C=O) groups excluding carboxylic acids is 3. The van der Waals surface area contributed by atoms with E-state index < -0.39 is 17.0 Å². The van der Waals surface area contributed by atoms with E-state index in [1.165, 1.54) is 6.07 Å². The predicted octanol–water partition coefficient (Wildman–Crippen LogP) is 6.09. The van der Waals surface area contributed by atoms with Crippen molar-refractivity contribution in [3.63, 3.8) is 0 Å². The smallest absolute Gasteiger partial charge is 0.293 e. The van der Waals surface area contributed by atoms with Crippen LogP contribution in [-0.4, -0.2) is 39.5 Å². The molecule has 0 unspecified atom stereocenters. The summed E-state index contributed by atoms with van der Waals surface area (Å²) in [4.78, 5) is 39.5. The standard InChI is InChI=1S/C29H23FN2O4S/c1-19-10-12-20(13-11-19)25(33)18-32-28(34)27(37-29(32)35)16-21-17-31(24-8-4-2-6-22(21)24)14-15-36-26-9-5-3-7-23(26)30/h2-13,16-17H,14-15,18H2,1H3/b27-16-. The van der Waals surface area contributed by atoms with Crippen LogP contribution >= 0.6 is 11.8 Å². The number of hydrogen-bond donors (Lipinski definition) is 0. The van der Waals surface area contributed by atoms with Crippen molar-refractivity contribution in [2.24, 2.45) is 0 Å². The van der Waals surface area contributed by atoms with E-state index >= 15 is 0 Å². The fourth-order valence-corrected chi connectivity index (χ4v) is 4.97. The Bertz CT molecular complexity index is 1540. The number of ketones is 1. The summed E-state index contributed by atoms with van der Waals surface area (Å²) in [6.07, 6.45) is 3.55. The molecule has 0 N–H and O–H groups in total. The van der Waals surface area contributed by atoms with Gasteiger partial charge in [0.2, 0.25) is 0 Å². The second kappa shape index (κ2) is 10.4. The van der Waals surface area contributed by atoms with Crippen LogP contribution in [0.3, 0.4) is 0 Å². The zero-order valence-corrected chi connectivity index (χ0v) is 20.8. The summed E-state index contributed by atoms with van der Waals surface area (Å²) < 4.78 is 21.4. The molecule has 8 heteroatoms. The van der Waals surface area contributed by atoms with Gasteiger partial charge in [0, 0.05) is 28.2 Å². The van der Waals surface area contributed by atoms with Crippen LogP contribution in [0.15, 0.2) is 83.9 Å². The minimum atomic E-state index is -0.491. The number of aromatic nitrogens is 1. The molecule has 1 aromatic heterocycles. The van der Waals surface area contributed by atoms with Crippen molar-refractivity contribution in [3.05, 3.63) is 106 Å². The molecule has 1 aliphatic rings.